The van der Waals surface area contributed by atoms with Crippen LogP contribution in [0.15, 0.2) is 24.3 Å². The van der Waals surface area contributed by atoms with E-state index in [1.807, 2.05) is 0 Å². The Morgan fingerprint density at radius 3 is 1.59 bits per heavy atom. The van der Waals surface area contributed by atoms with E-state index in [0.717, 1.165) is 23.7 Å². The van der Waals surface area contributed by atoms with E-state index in [-0.39, 0.29) is 5.75 Å². The molecule has 3 rings (SSSR count). The van der Waals surface area contributed by atoms with Gasteiger partial charge in [0.05, 0.1) is 0 Å². The number of halogens is 3. The molecular weight excluding hydrogens is 408 g/mol. The number of alkyl halides is 3. The highest BCUT2D eigenvalue weighted by atomic mass is 19.4. The lowest BCUT2D eigenvalue weighted by atomic mass is 9.57. The fraction of sp³-hybridized carbons (Fsp3) is 0.778. The number of hydrogen-bond donors (Lipinski definition) is 0. The third-order valence-corrected chi connectivity index (χ3v) is 7.71. The first-order valence-corrected chi connectivity index (χ1v) is 13.2. The molecule has 0 amide bonds. The van der Waals surface area contributed by atoms with Crippen LogP contribution in [0.5, 0.6) is 5.75 Å². The molecule has 2 aliphatic rings. The quantitative estimate of drug-likeness (QED) is 0.407. The summed E-state index contributed by atoms with van der Waals surface area (Å²) in [5.74, 6) is 2.40. The molecule has 1 nitrogen and oxygen atoms in total. The lowest BCUT2D eigenvalue weighted by Gasteiger charge is -2.29. The van der Waals surface area contributed by atoms with E-state index in [4.69, 9.17) is 0 Å². The zero-order valence-corrected chi connectivity index (χ0v) is 19.7. The maximum absolute atomic E-state index is 12.3. The molecule has 2 fully saturated rings. The van der Waals surface area contributed by atoms with Crippen molar-refractivity contribution < 1.29 is 17.9 Å². The summed E-state index contributed by atoms with van der Waals surface area (Å²) < 4.78 is 40.9. The van der Waals surface area contributed by atoms with Gasteiger partial charge in [0.15, 0.2) is 0 Å². The Bertz CT molecular complexity index is 609. The second-order valence-corrected chi connectivity index (χ2v) is 10.2. The fourth-order valence-corrected chi connectivity index (χ4v) is 5.89. The summed E-state index contributed by atoms with van der Waals surface area (Å²) in [4.78, 5) is 0. The molecule has 179 valence electrons. The highest BCUT2D eigenvalue weighted by Crippen LogP contribution is 2.36. The summed E-state index contributed by atoms with van der Waals surface area (Å²) in [6, 6.07) is 6.34. The standard InChI is InChI=1S/C27H41BF3O/c29-27(30,31)32-26-19-17-22(18-20-26)21-28-25-15-9-7-13-24(14-8-10-16-25)23-11-5-3-1-2-4-6-12-23/h17-20,23-25H,1-16,21H2. The third kappa shape index (κ3) is 9.79. The van der Waals surface area contributed by atoms with Gasteiger partial charge in [-0.3, -0.25) is 0 Å². The molecule has 0 N–H and O–H groups in total. The van der Waals surface area contributed by atoms with Crippen molar-refractivity contribution >= 4 is 7.28 Å². The molecule has 0 heterocycles. The summed E-state index contributed by atoms with van der Waals surface area (Å²) in [6.45, 7) is 0. The molecule has 0 unspecified atom stereocenters. The molecule has 0 bridgehead atoms. The zero-order valence-electron chi connectivity index (χ0n) is 19.7. The van der Waals surface area contributed by atoms with E-state index in [1.54, 1.807) is 12.1 Å². The molecule has 0 atom stereocenters. The van der Waals surface area contributed by atoms with Crippen molar-refractivity contribution in [2.45, 2.75) is 121 Å². The second kappa shape index (κ2) is 13.6. The van der Waals surface area contributed by atoms with Crippen LogP contribution in [-0.2, 0) is 6.32 Å². The average Bonchev–Trinajstić information content (AvgIpc) is 2.90. The molecule has 0 aliphatic heterocycles. The number of benzene rings is 1. The van der Waals surface area contributed by atoms with Gasteiger partial charge in [0.2, 0.25) is 0 Å². The maximum Gasteiger partial charge on any atom is 0.573 e. The highest BCUT2D eigenvalue weighted by Gasteiger charge is 2.31. The maximum atomic E-state index is 12.3. The van der Waals surface area contributed by atoms with Crippen LogP contribution in [0.4, 0.5) is 13.2 Å². The van der Waals surface area contributed by atoms with Crippen molar-refractivity contribution in [1.29, 1.82) is 0 Å². The van der Waals surface area contributed by atoms with Gasteiger partial charge in [0.1, 0.15) is 13.0 Å². The van der Waals surface area contributed by atoms with Gasteiger partial charge in [0, 0.05) is 0 Å². The molecule has 0 aromatic heterocycles. The van der Waals surface area contributed by atoms with Gasteiger partial charge in [0.25, 0.3) is 0 Å². The SMILES string of the molecule is FC(F)(F)Oc1ccc(C[B]C2CCCCC(C3CCCCCCCC3)CCCC2)cc1. The van der Waals surface area contributed by atoms with Crippen molar-refractivity contribution in [1.82, 2.24) is 0 Å². The van der Waals surface area contributed by atoms with Crippen LogP contribution in [0, 0.1) is 11.8 Å². The van der Waals surface area contributed by atoms with Crippen LogP contribution >= 0.6 is 0 Å². The molecule has 0 saturated heterocycles. The number of hydrogen-bond acceptors (Lipinski definition) is 1. The summed E-state index contributed by atoms with van der Waals surface area (Å²) in [6.07, 6.45) is 18.5. The van der Waals surface area contributed by atoms with Gasteiger partial charge < -0.3 is 4.74 Å². The normalized spacial score (nSPS) is 25.2. The van der Waals surface area contributed by atoms with Gasteiger partial charge in [-0.05, 0) is 24.0 Å². The van der Waals surface area contributed by atoms with Gasteiger partial charge in [-0.2, -0.15) is 0 Å². The lowest BCUT2D eigenvalue weighted by molar-refractivity contribution is -0.274. The first-order chi connectivity index (χ1) is 15.5. The monoisotopic (exact) mass is 449 g/mol. The fourth-order valence-electron chi connectivity index (χ4n) is 5.89. The van der Waals surface area contributed by atoms with Crippen molar-refractivity contribution in [2.24, 2.45) is 11.8 Å². The first-order valence-electron chi connectivity index (χ1n) is 13.2. The number of rotatable bonds is 5. The zero-order chi connectivity index (χ0) is 22.7. The first kappa shape index (κ1) is 25.5. The van der Waals surface area contributed by atoms with Gasteiger partial charge in [-0.15, -0.1) is 13.2 Å². The van der Waals surface area contributed by atoms with E-state index in [2.05, 4.69) is 12.0 Å². The summed E-state index contributed by atoms with van der Waals surface area (Å²) >= 11 is 0. The van der Waals surface area contributed by atoms with Crippen LogP contribution in [0.25, 0.3) is 0 Å². The van der Waals surface area contributed by atoms with E-state index in [9.17, 15) is 13.2 Å². The van der Waals surface area contributed by atoms with Crippen LogP contribution in [0.1, 0.15) is 108 Å². The average molecular weight is 449 g/mol. The van der Waals surface area contributed by atoms with E-state index in [0.29, 0.717) is 5.82 Å². The van der Waals surface area contributed by atoms with Crippen molar-refractivity contribution in [3.05, 3.63) is 29.8 Å². The molecule has 32 heavy (non-hydrogen) atoms. The topological polar surface area (TPSA) is 9.23 Å². The second-order valence-electron chi connectivity index (χ2n) is 10.2. The summed E-state index contributed by atoms with van der Waals surface area (Å²) in [5, 5.41) is 0. The predicted molar refractivity (Wildman–Crippen MR) is 127 cm³/mol. The molecule has 5 heteroatoms. The van der Waals surface area contributed by atoms with E-state index in [1.165, 1.54) is 115 Å². The molecule has 1 aromatic carbocycles. The summed E-state index contributed by atoms with van der Waals surface area (Å²) in [5.41, 5.74) is 1.05. The van der Waals surface area contributed by atoms with Crippen LogP contribution in [-0.4, -0.2) is 13.6 Å². The van der Waals surface area contributed by atoms with Gasteiger partial charge in [-0.1, -0.05) is 133 Å². The van der Waals surface area contributed by atoms with Crippen molar-refractivity contribution in [2.75, 3.05) is 0 Å². The highest BCUT2D eigenvalue weighted by molar-refractivity contribution is 6.37. The molecule has 1 radical (unpaired) electrons. The minimum atomic E-state index is -4.63. The Kier molecular flexibility index (Phi) is 10.8. The molecule has 2 aliphatic carbocycles. The van der Waals surface area contributed by atoms with Crippen LogP contribution < -0.4 is 4.74 Å². The van der Waals surface area contributed by atoms with Gasteiger partial charge in [-0.25, -0.2) is 0 Å². The molecule has 1 aromatic rings. The smallest absolute Gasteiger partial charge is 0.406 e. The third-order valence-electron chi connectivity index (χ3n) is 7.71. The van der Waals surface area contributed by atoms with E-state index >= 15 is 0 Å². The van der Waals surface area contributed by atoms with Crippen molar-refractivity contribution in [3.8, 4) is 5.75 Å². The Morgan fingerprint density at radius 2 is 1.09 bits per heavy atom. The predicted octanol–water partition coefficient (Wildman–Crippen LogP) is 9.08. The van der Waals surface area contributed by atoms with E-state index < -0.39 is 6.36 Å². The molecule has 2 saturated carbocycles. The Hall–Kier alpha value is -1.13. The summed E-state index contributed by atoms with van der Waals surface area (Å²) in [7, 11) is 2.40. The largest absolute Gasteiger partial charge is 0.573 e. The number of ether oxygens (including phenoxy) is 1. The van der Waals surface area contributed by atoms with Crippen molar-refractivity contribution in [3.63, 3.8) is 0 Å². The minimum Gasteiger partial charge on any atom is -0.406 e. The van der Waals surface area contributed by atoms with Crippen LogP contribution in [0.2, 0.25) is 5.82 Å². The van der Waals surface area contributed by atoms with Crippen LogP contribution in [0.3, 0.4) is 0 Å². The lowest BCUT2D eigenvalue weighted by Crippen LogP contribution is -2.17. The Labute approximate surface area is 194 Å². The Balaban J connectivity index is 1.41. The molecule has 0 spiro atoms. The minimum absolute atomic E-state index is 0.144. The Morgan fingerprint density at radius 1 is 0.656 bits per heavy atom. The van der Waals surface area contributed by atoms with Gasteiger partial charge >= 0.3 is 6.36 Å². The molecular formula is C27H41BF3O.